The third-order valence-corrected chi connectivity index (χ3v) is 3.20. The third-order valence-electron chi connectivity index (χ3n) is 2.26. The molecule has 0 fully saturated rings. The fraction of sp³-hybridized carbons (Fsp3) is 0.417. The maximum atomic E-state index is 11.8. The van der Waals surface area contributed by atoms with E-state index in [0.717, 1.165) is 17.1 Å². The zero-order chi connectivity index (χ0) is 12.0. The predicted octanol–water partition coefficient (Wildman–Crippen LogP) is 2.85. The minimum Gasteiger partial charge on any atom is -0.350 e. The molecule has 1 rings (SSSR count). The van der Waals surface area contributed by atoms with E-state index in [4.69, 9.17) is 0 Å². The lowest BCUT2D eigenvalue weighted by molar-refractivity contribution is 0.0939. The SMILES string of the molecule is CSCCC(C)NC(=O)c1ccc(S)cc1. The van der Waals surface area contributed by atoms with E-state index in [0.29, 0.717) is 5.56 Å². The van der Waals surface area contributed by atoms with Crippen LogP contribution in [-0.2, 0) is 0 Å². The van der Waals surface area contributed by atoms with E-state index < -0.39 is 0 Å². The summed E-state index contributed by atoms with van der Waals surface area (Å²) in [4.78, 5) is 12.7. The molecule has 1 unspecified atom stereocenters. The molecule has 0 spiro atoms. The van der Waals surface area contributed by atoms with Gasteiger partial charge in [-0.15, -0.1) is 12.6 Å². The van der Waals surface area contributed by atoms with Gasteiger partial charge >= 0.3 is 0 Å². The highest BCUT2D eigenvalue weighted by Gasteiger charge is 2.08. The van der Waals surface area contributed by atoms with Gasteiger partial charge in [0.25, 0.3) is 5.91 Å². The van der Waals surface area contributed by atoms with E-state index in [1.165, 1.54) is 0 Å². The molecule has 0 aromatic heterocycles. The number of nitrogens with one attached hydrogen (secondary N) is 1. The molecule has 0 aliphatic rings. The molecule has 0 radical (unpaired) electrons. The number of hydrogen-bond donors (Lipinski definition) is 2. The van der Waals surface area contributed by atoms with Gasteiger partial charge in [0.1, 0.15) is 0 Å². The van der Waals surface area contributed by atoms with Crippen molar-refractivity contribution in [2.75, 3.05) is 12.0 Å². The van der Waals surface area contributed by atoms with Gasteiger partial charge in [0.05, 0.1) is 0 Å². The maximum Gasteiger partial charge on any atom is 0.251 e. The molecule has 16 heavy (non-hydrogen) atoms. The Hall–Kier alpha value is -0.610. The van der Waals surface area contributed by atoms with Crippen molar-refractivity contribution in [1.82, 2.24) is 5.32 Å². The summed E-state index contributed by atoms with van der Waals surface area (Å²) in [5.41, 5.74) is 0.689. The highest BCUT2D eigenvalue weighted by molar-refractivity contribution is 7.98. The Morgan fingerprint density at radius 1 is 1.44 bits per heavy atom. The number of carbonyl (C=O) groups is 1. The molecule has 0 saturated carbocycles. The topological polar surface area (TPSA) is 29.1 Å². The van der Waals surface area contributed by atoms with Gasteiger partial charge in [-0.3, -0.25) is 4.79 Å². The summed E-state index contributed by atoms with van der Waals surface area (Å²) in [5, 5.41) is 2.97. The number of thioether (sulfide) groups is 1. The molecular weight excluding hydrogens is 238 g/mol. The van der Waals surface area contributed by atoms with Crippen LogP contribution >= 0.6 is 24.4 Å². The summed E-state index contributed by atoms with van der Waals surface area (Å²) in [6.07, 6.45) is 3.07. The van der Waals surface area contributed by atoms with E-state index in [1.807, 2.05) is 19.1 Å². The summed E-state index contributed by atoms with van der Waals surface area (Å²) in [6.45, 7) is 2.03. The van der Waals surface area contributed by atoms with E-state index in [9.17, 15) is 4.79 Å². The summed E-state index contributed by atoms with van der Waals surface area (Å²) in [7, 11) is 0. The van der Waals surface area contributed by atoms with Gasteiger partial charge in [-0.05, 0) is 49.6 Å². The third kappa shape index (κ3) is 4.49. The van der Waals surface area contributed by atoms with Gasteiger partial charge in [-0.25, -0.2) is 0 Å². The maximum absolute atomic E-state index is 11.8. The van der Waals surface area contributed by atoms with Crippen molar-refractivity contribution in [1.29, 1.82) is 0 Å². The first-order valence-corrected chi connectivity index (χ1v) is 7.06. The highest BCUT2D eigenvalue weighted by atomic mass is 32.2. The molecule has 4 heteroatoms. The molecule has 2 nitrogen and oxygen atoms in total. The van der Waals surface area contributed by atoms with Gasteiger partial charge in [-0.1, -0.05) is 0 Å². The van der Waals surface area contributed by atoms with E-state index in [2.05, 4.69) is 24.2 Å². The van der Waals surface area contributed by atoms with Crippen LogP contribution in [0.25, 0.3) is 0 Å². The molecule has 1 amide bonds. The van der Waals surface area contributed by atoms with Gasteiger partial charge in [0.2, 0.25) is 0 Å². The average molecular weight is 255 g/mol. The number of carbonyl (C=O) groups excluding carboxylic acids is 1. The molecule has 1 atom stereocenters. The Bertz CT molecular complexity index is 337. The van der Waals surface area contributed by atoms with Crippen molar-refractivity contribution in [3.63, 3.8) is 0 Å². The Kier molecular flexibility index (Phi) is 5.77. The molecule has 0 heterocycles. The fourth-order valence-electron chi connectivity index (χ4n) is 1.29. The summed E-state index contributed by atoms with van der Waals surface area (Å²) in [6, 6.07) is 7.45. The van der Waals surface area contributed by atoms with Crippen molar-refractivity contribution in [2.24, 2.45) is 0 Å². The second-order valence-corrected chi connectivity index (χ2v) is 5.20. The first-order valence-electron chi connectivity index (χ1n) is 5.22. The first-order chi connectivity index (χ1) is 7.63. The highest BCUT2D eigenvalue weighted by Crippen LogP contribution is 2.08. The van der Waals surface area contributed by atoms with Crippen LogP contribution in [0.4, 0.5) is 0 Å². The van der Waals surface area contributed by atoms with Crippen LogP contribution in [0.1, 0.15) is 23.7 Å². The molecule has 88 valence electrons. The standard InChI is InChI=1S/C12H17NOS2/c1-9(7-8-16-2)13-12(14)10-3-5-11(15)6-4-10/h3-6,9,15H,7-8H2,1-2H3,(H,13,14). The van der Waals surface area contributed by atoms with Crippen LogP contribution in [0.3, 0.4) is 0 Å². The lowest BCUT2D eigenvalue weighted by atomic mass is 10.2. The van der Waals surface area contributed by atoms with E-state index >= 15 is 0 Å². The van der Waals surface area contributed by atoms with Gasteiger partial charge < -0.3 is 5.32 Å². The zero-order valence-electron chi connectivity index (χ0n) is 9.56. The summed E-state index contributed by atoms with van der Waals surface area (Å²) >= 11 is 5.98. The van der Waals surface area contributed by atoms with E-state index in [1.54, 1.807) is 23.9 Å². The molecule has 0 aliphatic heterocycles. The van der Waals surface area contributed by atoms with Crippen LogP contribution in [0, 0.1) is 0 Å². The lowest BCUT2D eigenvalue weighted by Crippen LogP contribution is -2.32. The minimum atomic E-state index is -0.0121. The Balaban J connectivity index is 2.48. The Morgan fingerprint density at radius 3 is 2.62 bits per heavy atom. The molecular formula is C12H17NOS2. The number of benzene rings is 1. The van der Waals surface area contributed by atoms with Gasteiger partial charge in [0, 0.05) is 16.5 Å². The van der Waals surface area contributed by atoms with Crippen molar-refractivity contribution >= 4 is 30.3 Å². The summed E-state index contributed by atoms with van der Waals surface area (Å²) in [5.74, 6) is 1.05. The smallest absolute Gasteiger partial charge is 0.251 e. The number of thiol groups is 1. The van der Waals surface area contributed by atoms with Crippen LogP contribution in [0.2, 0.25) is 0 Å². The summed E-state index contributed by atoms with van der Waals surface area (Å²) < 4.78 is 0. The van der Waals surface area contributed by atoms with Crippen LogP contribution in [-0.4, -0.2) is 24.0 Å². The van der Waals surface area contributed by atoms with Crippen molar-refractivity contribution in [3.8, 4) is 0 Å². The lowest BCUT2D eigenvalue weighted by Gasteiger charge is -2.13. The minimum absolute atomic E-state index is 0.0121. The number of amides is 1. The molecule has 1 aromatic carbocycles. The van der Waals surface area contributed by atoms with Crippen molar-refractivity contribution < 1.29 is 4.79 Å². The number of hydrogen-bond acceptors (Lipinski definition) is 3. The van der Waals surface area contributed by atoms with Gasteiger partial charge in [0.15, 0.2) is 0 Å². The monoisotopic (exact) mass is 255 g/mol. The van der Waals surface area contributed by atoms with Crippen LogP contribution in [0.5, 0.6) is 0 Å². The van der Waals surface area contributed by atoms with E-state index in [-0.39, 0.29) is 11.9 Å². The normalized spacial score (nSPS) is 12.2. The zero-order valence-corrected chi connectivity index (χ0v) is 11.3. The largest absolute Gasteiger partial charge is 0.350 e. The second-order valence-electron chi connectivity index (χ2n) is 3.70. The Labute approximate surface area is 107 Å². The molecule has 0 aliphatic carbocycles. The number of rotatable bonds is 5. The average Bonchev–Trinajstić information content (AvgIpc) is 2.27. The Morgan fingerprint density at radius 2 is 2.06 bits per heavy atom. The predicted molar refractivity (Wildman–Crippen MR) is 73.6 cm³/mol. The first kappa shape index (κ1) is 13.5. The second kappa shape index (κ2) is 6.86. The molecule has 1 N–H and O–H groups in total. The van der Waals surface area contributed by atoms with Crippen LogP contribution < -0.4 is 5.32 Å². The molecule has 0 bridgehead atoms. The quantitative estimate of drug-likeness (QED) is 0.792. The fourth-order valence-corrected chi connectivity index (χ4v) is 2.03. The van der Waals surface area contributed by atoms with Gasteiger partial charge in [-0.2, -0.15) is 11.8 Å². The molecule has 0 saturated heterocycles. The van der Waals surface area contributed by atoms with Crippen molar-refractivity contribution in [3.05, 3.63) is 29.8 Å². The molecule has 1 aromatic rings. The van der Waals surface area contributed by atoms with Crippen molar-refractivity contribution in [2.45, 2.75) is 24.3 Å². The van der Waals surface area contributed by atoms with Crippen LogP contribution in [0.15, 0.2) is 29.2 Å².